The number of aryl methyl sites for hydroxylation is 1. The van der Waals surface area contributed by atoms with Crippen LogP contribution in [0, 0.1) is 0 Å². The van der Waals surface area contributed by atoms with Gasteiger partial charge in [0.25, 0.3) is 0 Å². The molecule has 0 aromatic carbocycles. The Morgan fingerprint density at radius 3 is 2.83 bits per heavy atom. The Morgan fingerprint density at radius 1 is 1.58 bits per heavy atom. The van der Waals surface area contributed by atoms with Crippen LogP contribution < -0.4 is 11.5 Å². The number of aromatic nitrogens is 3. The van der Waals surface area contributed by atoms with Crippen molar-refractivity contribution < 1.29 is 4.74 Å². The van der Waals surface area contributed by atoms with Crippen molar-refractivity contribution in [1.82, 2.24) is 14.8 Å². The summed E-state index contributed by atoms with van der Waals surface area (Å²) in [7, 11) is 1.73. The van der Waals surface area contributed by atoms with Gasteiger partial charge in [0, 0.05) is 13.6 Å². The molecule has 1 aromatic heterocycles. The number of hydrogen-bond acceptors (Lipinski definition) is 5. The Morgan fingerprint density at radius 2 is 2.33 bits per heavy atom. The maximum Gasteiger partial charge on any atom is 0.218 e. The molecule has 0 fully saturated rings. The van der Waals surface area contributed by atoms with Gasteiger partial charge < -0.3 is 16.2 Å². The standard InChI is InChI=1S/C6H13N5O/c1-11-6(8)9-5(10-11)4-12-3-2-7/h2-4,7H2,1H3,(H2,8,9,10). The molecule has 1 heterocycles. The van der Waals surface area contributed by atoms with E-state index in [0.717, 1.165) is 0 Å². The molecule has 6 heteroatoms. The molecule has 0 saturated carbocycles. The van der Waals surface area contributed by atoms with Crippen molar-refractivity contribution in [3.63, 3.8) is 0 Å². The van der Waals surface area contributed by atoms with Crippen molar-refractivity contribution in [2.45, 2.75) is 6.61 Å². The molecule has 0 aliphatic carbocycles. The highest BCUT2D eigenvalue weighted by Gasteiger charge is 2.02. The fourth-order valence-electron chi connectivity index (χ4n) is 0.759. The number of nitrogens with two attached hydrogens (primary N) is 2. The summed E-state index contributed by atoms with van der Waals surface area (Å²) < 4.78 is 6.62. The number of rotatable bonds is 4. The third kappa shape index (κ3) is 2.18. The molecule has 1 rings (SSSR count). The highest BCUT2D eigenvalue weighted by atomic mass is 16.5. The largest absolute Gasteiger partial charge is 0.372 e. The smallest absolute Gasteiger partial charge is 0.218 e. The summed E-state index contributed by atoms with van der Waals surface area (Å²) in [5, 5.41) is 4.00. The molecule has 0 radical (unpaired) electrons. The molecule has 6 nitrogen and oxygen atoms in total. The normalized spacial score (nSPS) is 10.5. The second-order valence-electron chi connectivity index (χ2n) is 2.35. The molecule has 1 aromatic rings. The van der Waals surface area contributed by atoms with Crippen molar-refractivity contribution in [3.8, 4) is 0 Å². The van der Waals surface area contributed by atoms with Gasteiger partial charge in [0.1, 0.15) is 6.61 Å². The van der Waals surface area contributed by atoms with Crippen LogP contribution >= 0.6 is 0 Å². The fraction of sp³-hybridized carbons (Fsp3) is 0.667. The molecule has 0 saturated heterocycles. The lowest BCUT2D eigenvalue weighted by Crippen LogP contribution is -2.08. The summed E-state index contributed by atoms with van der Waals surface area (Å²) in [5.74, 6) is 0.977. The van der Waals surface area contributed by atoms with Crippen LogP contribution in [0.15, 0.2) is 0 Å². The van der Waals surface area contributed by atoms with E-state index in [1.165, 1.54) is 4.68 Å². The van der Waals surface area contributed by atoms with Crippen LogP contribution in [0.1, 0.15) is 5.82 Å². The van der Waals surface area contributed by atoms with Crippen LogP contribution in [-0.4, -0.2) is 27.9 Å². The molecule has 0 amide bonds. The predicted molar refractivity (Wildman–Crippen MR) is 44.1 cm³/mol. The zero-order valence-corrected chi connectivity index (χ0v) is 7.03. The molecule has 0 atom stereocenters. The van der Waals surface area contributed by atoms with E-state index in [9.17, 15) is 0 Å². The Bertz CT molecular complexity index is 227. The minimum Gasteiger partial charge on any atom is -0.372 e. The summed E-state index contributed by atoms with van der Waals surface area (Å²) in [4.78, 5) is 3.95. The molecule has 0 aliphatic heterocycles. The van der Waals surface area contributed by atoms with Crippen molar-refractivity contribution in [2.24, 2.45) is 12.8 Å². The zero-order valence-electron chi connectivity index (χ0n) is 7.03. The zero-order chi connectivity index (χ0) is 8.97. The van der Waals surface area contributed by atoms with Gasteiger partial charge in [-0.25, -0.2) is 4.68 Å². The van der Waals surface area contributed by atoms with E-state index >= 15 is 0 Å². The van der Waals surface area contributed by atoms with Gasteiger partial charge in [-0.15, -0.1) is 0 Å². The summed E-state index contributed by atoms with van der Waals surface area (Å²) in [6.07, 6.45) is 0. The molecule has 4 N–H and O–H groups in total. The van der Waals surface area contributed by atoms with Crippen LogP contribution in [0.5, 0.6) is 0 Å². The lowest BCUT2D eigenvalue weighted by Gasteiger charge is -1.95. The predicted octanol–water partition coefficient (Wildman–Crippen LogP) is -1.13. The van der Waals surface area contributed by atoms with E-state index in [1.54, 1.807) is 7.05 Å². The maximum atomic E-state index is 5.45. The average molecular weight is 171 g/mol. The van der Waals surface area contributed by atoms with Gasteiger partial charge in [-0.05, 0) is 0 Å². The summed E-state index contributed by atoms with van der Waals surface area (Å²) in [6, 6.07) is 0. The van der Waals surface area contributed by atoms with Gasteiger partial charge in [0.2, 0.25) is 5.95 Å². The maximum absolute atomic E-state index is 5.45. The van der Waals surface area contributed by atoms with Crippen LogP contribution in [0.25, 0.3) is 0 Å². The van der Waals surface area contributed by atoms with Crippen LogP contribution in [0.3, 0.4) is 0 Å². The first-order valence-electron chi connectivity index (χ1n) is 3.67. The van der Waals surface area contributed by atoms with Gasteiger partial charge in [0.05, 0.1) is 6.61 Å². The highest BCUT2D eigenvalue weighted by Crippen LogP contribution is 1.98. The van der Waals surface area contributed by atoms with Crippen molar-refractivity contribution in [2.75, 3.05) is 18.9 Å². The van der Waals surface area contributed by atoms with Crippen LogP contribution in [0.2, 0.25) is 0 Å². The first-order valence-corrected chi connectivity index (χ1v) is 3.67. The Hall–Kier alpha value is -1.14. The van der Waals surface area contributed by atoms with E-state index in [2.05, 4.69) is 10.1 Å². The highest BCUT2D eigenvalue weighted by molar-refractivity contribution is 5.14. The minimum atomic E-state index is 0.363. The van der Waals surface area contributed by atoms with Crippen molar-refractivity contribution in [1.29, 1.82) is 0 Å². The van der Waals surface area contributed by atoms with Gasteiger partial charge >= 0.3 is 0 Å². The molecule has 0 aliphatic rings. The molecule has 0 spiro atoms. The number of ether oxygens (including phenoxy) is 1. The molecule has 12 heavy (non-hydrogen) atoms. The fourth-order valence-corrected chi connectivity index (χ4v) is 0.759. The number of nitrogens with zero attached hydrogens (tertiary/aromatic N) is 3. The number of nitrogen functional groups attached to an aromatic ring is 1. The Kier molecular flexibility index (Phi) is 3.01. The Balaban J connectivity index is 2.42. The van der Waals surface area contributed by atoms with E-state index < -0.39 is 0 Å². The third-order valence-corrected chi connectivity index (χ3v) is 1.33. The lowest BCUT2D eigenvalue weighted by atomic mass is 10.6. The van der Waals surface area contributed by atoms with Gasteiger partial charge in [-0.2, -0.15) is 10.1 Å². The Labute approximate surface area is 70.5 Å². The van der Waals surface area contributed by atoms with Crippen molar-refractivity contribution in [3.05, 3.63) is 5.82 Å². The third-order valence-electron chi connectivity index (χ3n) is 1.33. The van der Waals surface area contributed by atoms with Gasteiger partial charge in [0.15, 0.2) is 5.82 Å². The van der Waals surface area contributed by atoms with Crippen LogP contribution in [0.4, 0.5) is 5.95 Å². The van der Waals surface area contributed by atoms with Crippen molar-refractivity contribution >= 4 is 5.95 Å². The first-order chi connectivity index (χ1) is 5.74. The SMILES string of the molecule is Cn1nc(COCCN)nc1N. The summed E-state index contributed by atoms with van der Waals surface area (Å²) >= 11 is 0. The van der Waals surface area contributed by atoms with E-state index in [4.69, 9.17) is 16.2 Å². The monoisotopic (exact) mass is 171 g/mol. The number of anilines is 1. The van der Waals surface area contributed by atoms with E-state index in [0.29, 0.717) is 31.5 Å². The minimum absolute atomic E-state index is 0.363. The van der Waals surface area contributed by atoms with E-state index in [-0.39, 0.29) is 0 Å². The molecular formula is C6H13N5O. The van der Waals surface area contributed by atoms with Gasteiger partial charge in [-0.3, -0.25) is 0 Å². The lowest BCUT2D eigenvalue weighted by molar-refractivity contribution is 0.122. The summed E-state index contributed by atoms with van der Waals surface area (Å²) in [6.45, 7) is 1.38. The molecule has 0 unspecified atom stereocenters. The summed E-state index contributed by atoms with van der Waals surface area (Å²) in [5.41, 5.74) is 10.7. The second-order valence-corrected chi connectivity index (χ2v) is 2.35. The van der Waals surface area contributed by atoms with Gasteiger partial charge in [-0.1, -0.05) is 0 Å². The second kappa shape index (κ2) is 4.03. The molecular weight excluding hydrogens is 158 g/mol. The first kappa shape index (κ1) is 8.95. The van der Waals surface area contributed by atoms with Crippen LogP contribution in [-0.2, 0) is 18.4 Å². The molecule has 68 valence electrons. The average Bonchev–Trinajstić information content (AvgIpc) is 2.32. The number of hydrogen-bond donors (Lipinski definition) is 2. The molecule has 0 bridgehead atoms. The topological polar surface area (TPSA) is 92.0 Å². The quantitative estimate of drug-likeness (QED) is 0.559. The van der Waals surface area contributed by atoms with E-state index in [1.807, 2.05) is 0 Å².